The molecule has 2 heteroatoms. The van der Waals surface area contributed by atoms with E-state index in [1.54, 1.807) is 0 Å². The van der Waals surface area contributed by atoms with Gasteiger partial charge in [-0.2, -0.15) is 0 Å². The summed E-state index contributed by atoms with van der Waals surface area (Å²) in [5.74, 6) is 0.922. The van der Waals surface area contributed by atoms with Gasteiger partial charge in [0, 0.05) is 6.04 Å². The molecular formula is C13H26N2. The number of hydrogen-bond donors (Lipinski definition) is 1. The maximum absolute atomic E-state index is 3.75. The van der Waals surface area contributed by atoms with Crippen LogP contribution in [0, 0.1) is 11.3 Å². The van der Waals surface area contributed by atoms with E-state index in [0.29, 0.717) is 5.41 Å². The second-order valence-corrected chi connectivity index (χ2v) is 6.03. The molecule has 1 unspecified atom stereocenters. The molecule has 1 aliphatic carbocycles. The lowest BCUT2D eigenvalue weighted by molar-refractivity contribution is 0.208. The molecule has 0 amide bonds. The normalized spacial score (nSPS) is 29.0. The maximum atomic E-state index is 3.75. The summed E-state index contributed by atoms with van der Waals surface area (Å²) in [5, 5.41) is 3.75. The monoisotopic (exact) mass is 210 g/mol. The quantitative estimate of drug-likeness (QED) is 0.764. The molecule has 0 aromatic rings. The second kappa shape index (κ2) is 4.42. The molecule has 2 rings (SSSR count). The molecule has 2 nitrogen and oxygen atoms in total. The number of rotatable bonds is 4. The van der Waals surface area contributed by atoms with Gasteiger partial charge in [0.15, 0.2) is 0 Å². The zero-order valence-corrected chi connectivity index (χ0v) is 10.6. The average Bonchev–Trinajstić information content (AvgIpc) is 2.97. The fraction of sp³-hybridized carbons (Fsp3) is 1.00. The van der Waals surface area contributed by atoms with E-state index in [1.807, 2.05) is 0 Å². The molecule has 0 aromatic heterocycles. The van der Waals surface area contributed by atoms with Crippen molar-refractivity contribution in [3.63, 3.8) is 0 Å². The third-order valence-corrected chi connectivity index (χ3v) is 4.63. The van der Waals surface area contributed by atoms with Gasteiger partial charge in [-0.15, -0.1) is 0 Å². The maximum Gasteiger partial charge on any atom is 0.00926 e. The van der Waals surface area contributed by atoms with E-state index in [4.69, 9.17) is 0 Å². The number of nitrogens with one attached hydrogen (secondary N) is 1. The first kappa shape index (κ1) is 11.4. The van der Waals surface area contributed by atoms with E-state index >= 15 is 0 Å². The largest absolute Gasteiger partial charge is 0.313 e. The van der Waals surface area contributed by atoms with Crippen LogP contribution in [0.2, 0.25) is 0 Å². The lowest BCUT2D eigenvalue weighted by Gasteiger charge is -2.31. The van der Waals surface area contributed by atoms with Crippen LogP contribution in [0.3, 0.4) is 0 Å². The van der Waals surface area contributed by atoms with Gasteiger partial charge in [-0.1, -0.05) is 6.92 Å². The summed E-state index contributed by atoms with van der Waals surface area (Å²) in [5.41, 5.74) is 0.630. The Labute approximate surface area is 94.4 Å². The molecule has 1 saturated heterocycles. The Morgan fingerprint density at radius 2 is 1.93 bits per heavy atom. The first-order chi connectivity index (χ1) is 7.10. The Morgan fingerprint density at radius 1 is 1.33 bits per heavy atom. The van der Waals surface area contributed by atoms with Crippen molar-refractivity contribution in [2.75, 3.05) is 26.7 Å². The van der Waals surface area contributed by atoms with Crippen molar-refractivity contribution >= 4 is 0 Å². The molecule has 1 aliphatic heterocycles. The molecule has 88 valence electrons. The summed E-state index contributed by atoms with van der Waals surface area (Å²) in [4.78, 5) is 2.45. The van der Waals surface area contributed by atoms with Crippen molar-refractivity contribution in [3.8, 4) is 0 Å². The van der Waals surface area contributed by atoms with Gasteiger partial charge in [0.1, 0.15) is 0 Å². The highest BCUT2D eigenvalue weighted by Gasteiger charge is 2.42. The predicted molar refractivity (Wildman–Crippen MR) is 65.0 cm³/mol. The van der Waals surface area contributed by atoms with Crippen LogP contribution in [0.1, 0.15) is 39.5 Å². The van der Waals surface area contributed by atoms with Crippen molar-refractivity contribution in [2.45, 2.75) is 45.6 Å². The van der Waals surface area contributed by atoms with Gasteiger partial charge in [-0.3, -0.25) is 0 Å². The topological polar surface area (TPSA) is 15.3 Å². The van der Waals surface area contributed by atoms with E-state index in [2.05, 4.69) is 31.1 Å². The zero-order chi connectivity index (χ0) is 10.9. The van der Waals surface area contributed by atoms with Crippen LogP contribution >= 0.6 is 0 Å². The van der Waals surface area contributed by atoms with Crippen LogP contribution < -0.4 is 5.32 Å². The van der Waals surface area contributed by atoms with Gasteiger partial charge in [-0.05, 0) is 70.6 Å². The summed E-state index contributed by atoms with van der Waals surface area (Å²) in [6.07, 6.45) is 5.61. The SMILES string of the molecule is CC(NCC1CCN(C)CC1)C1(C)CC1. The number of piperidine rings is 1. The van der Waals surface area contributed by atoms with Gasteiger partial charge in [0.25, 0.3) is 0 Å². The van der Waals surface area contributed by atoms with E-state index in [-0.39, 0.29) is 0 Å². The summed E-state index contributed by atoms with van der Waals surface area (Å²) < 4.78 is 0. The lowest BCUT2D eigenvalue weighted by atomic mass is 9.95. The Bertz CT molecular complexity index is 203. The molecule has 1 heterocycles. The smallest absolute Gasteiger partial charge is 0.00926 e. The number of nitrogens with zero attached hydrogens (tertiary/aromatic N) is 1. The van der Waals surface area contributed by atoms with E-state index in [1.165, 1.54) is 45.3 Å². The van der Waals surface area contributed by atoms with E-state index in [0.717, 1.165) is 12.0 Å². The molecule has 0 bridgehead atoms. The summed E-state index contributed by atoms with van der Waals surface area (Å²) >= 11 is 0. The number of likely N-dealkylation sites (tertiary alicyclic amines) is 1. The van der Waals surface area contributed by atoms with E-state index in [9.17, 15) is 0 Å². The minimum atomic E-state index is 0.630. The molecular weight excluding hydrogens is 184 g/mol. The molecule has 2 fully saturated rings. The zero-order valence-electron chi connectivity index (χ0n) is 10.6. The van der Waals surface area contributed by atoms with Gasteiger partial charge < -0.3 is 10.2 Å². The summed E-state index contributed by atoms with van der Waals surface area (Å²) in [7, 11) is 2.23. The number of hydrogen-bond acceptors (Lipinski definition) is 2. The lowest BCUT2D eigenvalue weighted by Crippen LogP contribution is -2.40. The van der Waals surface area contributed by atoms with Crippen molar-refractivity contribution < 1.29 is 0 Å². The van der Waals surface area contributed by atoms with Crippen LogP contribution in [0.4, 0.5) is 0 Å². The average molecular weight is 210 g/mol. The Morgan fingerprint density at radius 3 is 2.47 bits per heavy atom. The third kappa shape index (κ3) is 2.94. The van der Waals surface area contributed by atoms with Crippen molar-refractivity contribution in [2.24, 2.45) is 11.3 Å². The molecule has 1 saturated carbocycles. The third-order valence-electron chi connectivity index (χ3n) is 4.63. The van der Waals surface area contributed by atoms with Crippen LogP contribution in [-0.4, -0.2) is 37.6 Å². The minimum absolute atomic E-state index is 0.630. The van der Waals surface area contributed by atoms with Crippen LogP contribution in [0.5, 0.6) is 0 Å². The Hall–Kier alpha value is -0.0800. The molecule has 2 aliphatic rings. The summed E-state index contributed by atoms with van der Waals surface area (Å²) in [6.45, 7) is 8.60. The standard InChI is InChI=1S/C13H26N2/c1-11(13(2)6-7-13)14-10-12-4-8-15(3)9-5-12/h11-12,14H,4-10H2,1-3H3. The first-order valence-corrected chi connectivity index (χ1v) is 6.52. The van der Waals surface area contributed by atoms with Gasteiger partial charge >= 0.3 is 0 Å². The minimum Gasteiger partial charge on any atom is -0.313 e. The van der Waals surface area contributed by atoms with Crippen LogP contribution in [0.25, 0.3) is 0 Å². The predicted octanol–water partition coefficient (Wildman–Crippen LogP) is 2.11. The molecule has 1 atom stereocenters. The first-order valence-electron chi connectivity index (χ1n) is 6.52. The van der Waals surface area contributed by atoms with Gasteiger partial charge in [0.2, 0.25) is 0 Å². The highest BCUT2D eigenvalue weighted by molar-refractivity contribution is 4.96. The molecule has 1 N–H and O–H groups in total. The Kier molecular flexibility index (Phi) is 3.36. The Balaban J connectivity index is 1.65. The van der Waals surface area contributed by atoms with E-state index < -0.39 is 0 Å². The molecule has 0 radical (unpaired) electrons. The van der Waals surface area contributed by atoms with Crippen molar-refractivity contribution in [3.05, 3.63) is 0 Å². The van der Waals surface area contributed by atoms with Crippen LogP contribution in [0.15, 0.2) is 0 Å². The molecule has 0 spiro atoms. The van der Waals surface area contributed by atoms with Gasteiger partial charge in [0.05, 0.1) is 0 Å². The van der Waals surface area contributed by atoms with Crippen LogP contribution in [-0.2, 0) is 0 Å². The molecule has 0 aromatic carbocycles. The highest BCUT2D eigenvalue weighted by Crippen LogP contribution is 2.47. The second-order valence-electron chi connectivity index (χ2n) is 6.03. The fourth-order valence-corrected chi connectivity index (χ4v) is 2.49. The van der Waals surface area contributed by atoms with Gasteiger partial charge in [-0.25, -0.2) is 0 Å². The van der Waals surface area contributed by atoms with Crippen molar-refractivity contribution in [1.82, 2.24) is 10.2 Å². The molecule has 15 heavy (non-hydrogen) atoms. The fourth-order valence-electron chi connectivity index (χ4n) is 2.49. The highest BCUT2D eigenvalue weighted by atomic mass is 15.1. The van der Waals surface area contributed by atoms with Crippen molar-refractivity contribution in [1.29, 1.82) is 0 Å². The summed E-state index contributed by atoms with van der Waals surface area (Å²) in [6, 6.07) is 0.720.